The number of unbranched alkanes of at least 4 members (excludes halogenated alkanes) is 2. The number of benzene rings is 3. The minimum absolute atomic E-state index is 0.760. The Morgan fingerprint density at radius 2 is 1.39 bits per heavy atom. The quantitative estimate of drug-likeness (QED) is 0.327. The molecule has 1 saturated carbocycles. The molecule has 3 aromatic rings. The molecule has 0 amide bonds. The lowest BCUT2D eigenvalue weighted by Crippen LogP contribution is -2.13. The summed E-state index contributed by atoms with van der Waals surface area (Å²) in [6.45, 7) is 4.56. The molecule has 1 heteroatoms. The van der Waals surface area contributed by atoms with Gasteiger partial charge in [-0.25, -0.2) is 0 Å². The van der Waals surface area contributed by atoms with Crippen molar-refractivity contribution in [1.29, 1.82) is 0 Å². The fourth-order valence-electron chi connectivity index (χ4n) is 5.58. The van der Waals surface area contributed by atoms with Crippen molar-refractivity contribution < 1.29 is 0 Å². The summed E-state index contributed by atoms with van der Waals surface area (Å²) < 4.78 is 0. The highest BCUT2D eigenvalue weighted by atomic mass is 14.8. The molecule has 1 aliphatic carbocycles. The van der Waals surface area contributed by atoms with E-state index >= 15 is 0 Å². The number of anilines is 1. The maximum absolute atomic E-state index is 3.21. The molecule has 1 fully saturated rings. The number of hydrogen-bond donors (Lipinski definition) is 1. The van der Waals surface area contributed by atoms with Crippen LogP contribution >= 0.6 is 0 Å². The van der Waals surface area contributed by atoms with Crippen LogP contribution in [0.5, 0.6) is 0 Å². The first-order chi connectivity index (χ1) is 16.2. The van der Waals surface area contributed by atoms with E-state index in [1.54, 1.807) is 5.56 Å². The van der Waals surface area contributed by atoms with Crippen molar-refractivity contribution in [1.82, 2.24) is 0 Å². The minimum Gasteiger partial charge on any atom is -0.388 e. The molecule has 0 radical (unpaired) electrons. The Morgan fingerprint density at radius 1 is 0.727 bits per heavy atom. The zero-order valence-corrected chi connectivity index (χ0v) is 20.9. The first-order valence-corrected chi connectivity index (χ1v) is 13.2. The first kappa shape index (κ1) is 23.6. The van der Waals surface area contributed by atoms with Crippen molar-refractivity contribution in [3.63, 3.8) is 0 Å². The van der Waals surface area contributed by atoms with Gasteiger partial charge in [-0.3, -0.25) is 0 Å². The third-order valence-electron chi connectivity index (χ3n) is 7.75. The van der Waals surface area contributed by atoms with Gasteiger partial charge in [0.1, 0.15) is 0 Å². The van der Waals surface area contributed by atoms with E-state index in [4.69, 9.17) is 0 Å². The molecule has 0 saturated heterocycles. The van der Waals surface area contributed by atoms with Crippen molar-refractivity contribution in [3.05, 3.63) is 77.9 Å². The summed E-state index contributed by atoms with van der Waals surface area (Å²) in [5.41, 5.74) is 9.40. The fourth-order valence-corrected chi connectivity index (χ4v) is 5.58. The SMILES string of the molecule is CCCCCC1CCC(c2ccc(-c3ccc(-c4ccc(NC)cc4)c(CC)c3)cc2)CC1. The lowest BCUT2D eigenvalue weighted by Gasteiger charge is -2.29. The molecule has 1 aliphatic rings. The van der Waals surface area contributed by atoms with Gasteiger partial charge in [-0.1, -0.05) is 94.1 Å². The molecule has 3 aromatic carbocycles. The Balaban J connectivity index is 1.43. The molecule has 174 valence electrons. The third-order valence-corrected chi connectivity index (χ3v) is 7.75. The summed E-state index contributed by atoms with van der Waals surface area (Å²) >= 11 is 0. The standard InChI is InChI=1S/C32H41N/c1-4-6-7-8-24-9-11-26(12-10-24)27-13-15-28(16-14-27)30-19-22-32(25(5-2)23-30)29-17-20-31(33-3)21-18-29/h13-24,26,33H,4-12H2,1-3H3. The zero-order chi connectivity index (χ0) is 23.0. The van der Waals surface area contributed by atoms with Crippen LogP contribution in [0.15, 0.2) is 66.7 Å². The summed E-state index contributed by atoms with van der Waals surface area (Å²) in [7, 11) is 1.96. The summed E-state index contributed by atoms with van der Waals surface area (Å²) in [5, 5.41) is 3.21. The van der Waals surface area contributed by atoms with Gasteiger partial charge in [0.15, 0.2) is 0 Å². The van der Waals surface area contributed by atoms with E-state index in [1.807, 2.05) is 7.05 Å². The molecule has 0 bridgehead atoms. The Morgan fingerprint density at radius 3 is 2.03 bits per heavy atom. The van der Waals surface area contributed by atoms with E-state index in [9.17, 15) is 0 Å². The van der Waals surface area contributed by atoms with Crippen molar-refractivity contribution in [2.45, 2.75) is 77.6 Å². The van der Waals surface area contributed by atoms with Gasteiger partial charge in [-0.05, 0) is 89.5 Å². The van der Waals surface area contributed by atoms with Crippen LogP contribution in [0, 0.1) is 5.92 Å². The van der Waals surface area contributed by atoms with E-state index in [2.05, 4.69) is 85.9 Å². The van der Waals surface area contributed by atoms with Crippen LogP contribution in [0.4, 0.5) is 5.69 Å². The topological polar surface area (TPSA) is 12.0 Å². The Bertz CT molecular complexity index is 992. The molecular weight excluding hydrogens is 398 g/mol. The molecule has 0 atom stereocenters. The predicted octanol–water partition coefficient (Wildman–Crippen LogP) is 9.48. The van der Waals surface area contributed by atoms with Crippen LogP contribution < -0.4 is 5.32 Å². The molecule has 0 spiro atoms. The van der Waals surface area contributed by atoms with E-state index in [0.29, 0.717) is 0 Å². The van der Waals surface area contributed by atoms with Gasteiger partial charge in [0, 0.05) is 12.7 Å². The van der Waals surface area contributed by atoms with Crippen LogP contribution in [0.1, 0.15) is 82.3 Å². The monoisotopic (exact) mass is 439 g/mol. The molecule has 0 unspecified atom stereocenters. The minimum atomic E-state index is 0.760. The van der Waals surface area contributed by atoms with Crippen LogP contribution in [0.25, 0.3) is 22.3 Å². The van der Waals surface area contributed by atoms with Gasteiger partial charge in [-0.2, -0.15) is 0 Å². The average Bonchev–Trinajstić information content (AvgIpc) is 2.89. The van der Waals surface area contributed by atoms with Gasteiger partial charge in [0.25, 0.3) is 0 Å². The fraction of sp³-hybridized carbons (Fsp3) is 0.438. The maximum Gasteiger partial charge on any atom is 0.0337 e. The van der Waals surface area contributed by atoms with Crippen LogP contribution in [-0.2, 0) is 6.42 Å². The molecule has 33 heavy (non-hydrogen) atoms. The normalized spacial score (nSPS) is 18.3. The van der Waals surface area contributed by atoms with Crippen LogP contribution in [0.2, 0.25) is 0 Å². The van der Waals surface area contributed by atoms with Crippen molar-refractivity contribution in [2.24, 2.45) is 5.92 Å². The average molecular weight is 440 g/mol. The highest BCUT2D eigenvalue weighted by molar-refractivity contribution is 5.74. The van der Waals surface area contributed by atoms with E-state index in [-0.39, 0.29) is 0 Å². The number of rotatable bonds is 9. The highest BCUT2D eigenvalue weighted by Gasteiger charge is 2.22. The summed E-state index contributed by atoms with van der Waals surface area (Å²) in [5.74, 6) is 1.74. The molecule has 1 nitrogen and oxygen atoms in total. The third kappa shape index (κ3) is 5.88. The first-order valence-electron chi connectivity index (χ1n) is 13.2. The van der Waals surface area contributed by atoms with Crippen LogP contribution in [-0.4, -0.2) is 7.05 Å². The summed E-state index contributed by atoms with van der Waals surface area (Å²) in [6, 6.07) is 25.2. The Kier molecular flexibility index (Phi) is 8.26. The van der Waals surface area contributed by atoms with Gasteiger partial charge < -0.3 is 5.32 Å². The molecule has 0 heterocycles. The van der Waals surface area contributed by atoms with E-state index in [1.165, 1.54) is 79.2 Å². The van der Waals surface area contributed by atoms with E-state index < -0.39 is 0 Å². The van der Waals surface area contributed by atoms with Crippen LogP contribution in [0.3, 0.4) is 0 Å². The van der Waals surface area contributed by atoms with Crippen molar-refractivity contribution in [2.75, 3.05) is 12.4 Å². The second-order valence-corrected chi connectivity index (χ2v) is 9.89. The predicted molar refractivity (Wildman–Crippen MR) is 145 cm³/mol. The van der Waals surface area contributed by atoms with Crippen molar-refractivity contribution in [3.8, 4) is 22.3 Å². The molecular formula is C32H41N. The lowest BCUT2D eigenvalue weighted by atomic mass is 9.77. The van der Waals surface area contributed by atoms with Crippen molar-refractivity contribution >= 4 is 5.69 Å². The Hall–Kier alpha value is -2.54. The second-order valence-electron chi connectivity index (χ2n) is 9.89. The van der Waals surface area contributed by atoms with Gasteiger partial charge in [-0.15, -0.1) is 0 Å². The molecule has 4 rings (SSSR count). The summed E-state index contributed by atoms with van der Waals surface area (Å²) in [4.78, 5) is 0. The van der Waals surface area contributed by atoms with Gasteiger partial charge >= 0.3 is 0 Å². The molecule has 0 aliphatic heterocycles. The Labute approximate surface area is 201 Å². The number of nitrogens with one attached hydrogen (secondary N) is 1. The maximum atomic E-state index is 3.21. The van der Waals surface area contributed by atoms with Gasteiger partial charge in [0.05, 0.1) is 0 Å². The smallest absolute Gasteiger partial charge is 0.0337 e. The largest absolute Gasteiger partial charge is 0.388 e. The van der Waals surface area contributed by atoms with E-state index in [0.717, 1.165) is 23.9 Å². The van der Waals surface area contributed by atoms with Gasteiger partial charge in [0.2, 0.25) is 0 Å². The molecule has 0 aromatic heterocycles. The molecule has 1 N–H and O–H groups in total. The lowest BCUT2D eigenvalue weighted by molar-refractivity contribution is 0.303. The zero-order valence-electron chi connectivity index (χ0n) is 20.9. The number of aryl methyl sites for hydroxylation is 1. The second kappa shape index (κ2) is 11.5. The number of hydrogen-bond acceptors (Lipinski definition) is 1. The highest BCUT2D eigenvalue weighted by Crippen LogP contribution is 2.38. The summed E-state index contributed by atoms with van der Waals surface area (Å²) in [6.07, 6.45) is 12.3.